The van der Waals surface area contributed by atoms with Crippen LogP contribution in [0.3, 0.4) is 0 Å². The lowest BCUT2D eigenvalue weighted by molar-refractivity contribution is -0.171. The summed E-state index contributed by atoms with van der Waals surface area (Å²) in [5.41, 5.74) is -2.67. The maximum absolute atomic E-state index is 10.8. The fourth-order valence-electron chi connectivity index (χ4n) is 0.815. The molecule has 0 saturated heterocycles. The van der Waals surface area contributed by atoms with Gasteiger partial charge in [0.2, 0.25) is 0 Å². The summed E-state index contributed by atoms with van der Waals surface area (Å²) >= 11 is 5.02. The van der Waals surface area contributed by atoms with Gasteiger partial charge in [-0.2, -0.15) is 0 Å². The molecule has 0 amide bonds. The van der Waals surface area contributed by atoms with Gasteiger partial charge in [-0.1, -0.05) is 11.6 Å². The summed E-state index contributed by atoms with van der Waals surface area (Å²) in [6, 6.07) is -0.498. The van der Waals surface area contributed by atoms with Crippen LogP contribution in [0.15, 0.2) is 0 Å². The lowest BCUT2D eigenvalue weighted by Crippen LogP contribution is -2.43. The van der Waals surface area contributed by atoms with Gasteiger partial charge in [0.25, 0.3) is 0 Å². The van der Waals surface area contributed by atoms with E-state index in [0.717, 1.165) is 0 Å². The van der Waals surface area contributed by atoms with Crippen molar-refractivity contribution in [3.05, 3.63) is 0 Å². The quantitative estimate of drug-likeness (QED) is 0.369. The molecular weight excluding hydrogens is 246 g/mol. The predicted molar refractivity (Wildman–Crippen MR) is 51.3 cm³/mol. The van der Waals surface area contributed by atoms with Crippen LogP contribution in [0.1, 0.15) is 12.8 Å². The maximum Gasteiger partial charge on any atom is 0.336 e. The Labute approximate surface area is 95.3 Å². The van der Waals surface area contributed by atoms with Gasteiger partial charge >= 0.3 is 17.9 Å². The Balaban J connectivity index is 0. The van der Waals surface area contributed by atoms with Crippen molar-refractivity contribution in [2.75, 3.05) is 6.07 Å². The summed E-state index contributed by atoms with van der Waals surface area (Å²) in [5.74, 6) is -4.44. The molecule has 0 spiro atoms. The first kappa shape index (κ1) is 17.0. The largest absolute Gasteiger partial charge is 0.481 e. The number of carboxylic acids is 2. The van der Waals surface area contributed by atoms with Gasteiger partial charge in [-0.15, -0.1) is 0 Å². The Morgan fingerprint density at radius 2 is 1.69 bits per heavy atom. The molecule has 0 aromatic heterocycles. The number of esters is 1. The third-order valence-electron chi connectivity index (χ3n) is 1.49. The molecule has 94 valence electrons. The van der Waals surface area contributed by atoms with Crippen LogP contribution in [0.2, 0.25) is 0 Å². The molecular formula is C7H12ClNO7. The predicted octanol–water partition coefficient (Wildman–Crippen LogP) is -0.432. The molecule has 0 aliphatic carbocycles. The van der Waals surface area contributed by atoms with Crippen molar-refractivity contribution >= 4 is 29.5 Å². The lowest BCUT2D eigenvalue weighted by Gasteiger charge is -2.19. The van der Waals surface area contributed by atoms with Crippen molar-refractivity contribution in [2.45, 2.75) is 18.4 Å². The second kappa shape index (κ2) is 6.99. The minimum absolute atomic E-state index is 0. The van der Waals surface area contributed by atoms with Crippen LogP contribution in [-0.4, -0.2) is 44.9 Å². The van der Waals surface area contributed by atoms with Gasteiger partial charge in [0.15, 0.2) is 11.7 Å². The molecule has 0 rings (SSSR count). The zero-order chi connectivity index (χ0) is 12.1. The first-order valence-electron chi connectivity index (χ1n) is 3.71. The van der Waals surface area contributed by atoms with Crippen LogP contribution >= 0.6 is 11.6 Å². The number of hydrogen-bond acceptors (Lipinski definition) is 6. The number of alkyl halides is 1. The van der Waals surface area contributed by atoms with E-state index in [0.29, 0.717) is 0 Å². The fraction of sp³-hybridized carbons (Fsp3) is 0.571. The van der Waals surface area contributed by atoms with Crippen LogP contribution in [0.4, 0.5) is 0 Å². The molecule has 1 unspecified atom stereocenters. The van der Waals surface area contributed by atoms with E-state index < -0.39 is 42.4 Å². The lowest BCUT2D eigenvalue weighted by atomic mass is 9.96. The highest BCUT2D eigenvalue weighted by Gasteiger charge is 2.41. The molecule has 0 heterocycles. The van der Waals surface area contributed by atoms with Crippen molar-refractivity contribution in [3.8, 4) is 0 Å². The summed E-state index contributed by atoms with van der Waals surface area (Å²) < 4.78 is 4.18. The van der Waals surface area contributed by atoms with Crippen LogP contribution < -0.4 is 6.15 Å². The van der Waals surface area contributed by atoms with E-state index in [1.807, 2.05) is 0 Å². The van der Waals surface area contributed by atoms with E-state index >= 15 is 0 Å². The Bertz CT molecular complexity index is 282. The molecule has 9 heteroatoms. The summed E-state index contributed by atoms with van der Waals surface area (Å²) in [6.07, 6.45) is -2.07. The molecule has 0 aromatic carbocycles. The van der Waals surface area contributed by atoms with Crippen LogP contribution in [0.5, 0.6) is 0 Å². The number of rotatable bonds is 6. The van der Waals surface area contributed by atoms with E-state index in [-0.39, 0.29) is 6.15 Å². The molecule has 16 heavy (non-hydrogen) atoms. The van der Waals surface area contributed by atoms with E-state index in [4.69, 9.17) is 21.8 Å². The minimum atomic E-state index is -2.67. The third kappa shape index (κ3) is 5.49. The average Bonchev–Trinajstić information content (AvgIpc) is 2.01. The third-order valence-corrected chi connectivity index (χ3v) is 1.60. The van der Waals surface area contributed by atoms with Crippen molar-refractivity contribution < 1.29 is 34.4 Å². The Hall–Kier alpha value is -1.38. The number of hydrogen-bond donors (Lipinski definition) is 4. The number of aliphatic carboxylic acids is 2. The number of aliphatic hydroxyl groups is 1. The van der Waals surface area contributed by atoms with E-state index in [9.17, 15) is 19.5 Å². The Morgan fingerprint density at radius 1 is 1.19 bits per heavy atom. The highest BCUT2D eigenvalue weighted by Crippen LogP contribution is 2.16. The monoisotopic (exact) mass is 257 g/mol. The molecule has 0 radical (unpaired) electrons. The minimum Gasteiger partial charge on any atom is -0.481 e. The highest BCUT2D eigenvalue weighted by molar-refractivity contribution is 6.17. The fourth-order valence-corrected chi connectivity index (χ4v) is 0.936. The molecule has 0 fully saturated rings. The first-order chi connectivity index (χ1) is 6.81. The summed E-state index contributed by atoms with van der Waals surface area (Å²) in [7, 11) is 0. The topological polar surface area (TPSA) is 156 Å². The molecule has 0 aliphatic rings. The van der Waals surface area contributed by atoms with Gasteiger partial charge in [-0.05, 0) is 0 Å². The van der Waals surface area contributed by atoms with Crippen molar-refractivity contribution in [2.24, 2.45) is 0 Å². The van der Waals surface area contributed by atoms with E-state index in [2.05, 4.69) is 4.74 Å². The van der Waals surface area contributed by atoms with Gasteiger partial charge in [0, 0.05) is 0 Å². The van der Waals surface area contributed by atoms with Crippen LogP contribution in [0, 0.1) is 0 Å². The van der Waals surface area contributed by atoms with Crippen molar-refractivity contribution in [1.82, 2.24) is 6.15 Å². The SMILES string of the molecule is N.O=C(O)CC(O)(CC(=O)OCCl)C(=O)O. The number of carbonyl (C=O) groups excluding carboxylic acids is 1. The Morgan fingerprint density at radius 3 is 2.00 bits per heavy atom. The van der Waals surface area contributed by atoms with Crippen molar-refractivity contribution in [3.63, 3.8) is 0 Å². The zero-order valence-electron chi connectivity index (χ0n) is 8.18. The van der Waals surface area contributed by atoms with Gasteiger partial charge < -0.3 is 26.2 Å². The molecule has 1 atom stereocenters. The Kier molecular flexibility index (Phi) is 7.44. The number of halogens is 1. The first-order valence-corrected chi connectivity index (χ1v) is 4.24. The summed E-state index contributed by atoms with van der Waals surface area (Å²) in [4.78, 5) is 31.6. The standard InChI is InChI=1S/C7H9ClO7.H3N/c8-3-15-5(11)2-7(14,6(12)13)1-4(9)10;/h14H,1-3H2,(H,9,10)(H,12,13);1H3. The van der Waals surface area contributed by atoms with Gasteiger partial charge in [0.05, 0.1) is 12.8 Å². The number of carboxylic acid groups (broad SMARTS) is 2. The molecule has 0 saturated carbocycles. The second-order valence-corrected chi connectivity index (χ2v) is 2.93. The van der Waals surface area contributed by atoms with Gasteiger partial charge in [-0.25, -0.2) is 4.79 Å². The van der Waals surface area contributed by atoms with Gasteiger partial charge in [0.1, 0.15) is 0 Å². The number of ether oxygens (including phenoxy) is 1. The molecule has 6 N–H and O–H groups in total. The van der Waals surface area contributed by atoms with E-state index in [1.165, 1.54) is 0 Å². The highest BCUT2D eigenvalue weighted by atomic mass is 35.5. The van der Waals surface area contributed by atoms with Gasteiger partial charge in [-0.3, -0.25) is 9.59 Å². The smallest absolute Gasteiger partial charge is 0.336 e. The van der Waals surface area contributed by atoms with E-state index in [1.54, 1.807) is 0 Å². The summed E-state index contributed by atoms with van der Waals surface area (Å²) in [5, 5.41) is 26.2. The summed E-state index contributed by atoms with van der Waals surface area (Å²) in [6.45, 7) is 0. The second-order valence-electron chi connectivity index (χ2n) is 2.71. The maximum atomic E-state index is 10.8. The molecule has 8 nitrogen and oxygen atoms in total. The average molecular weight is 258 g/mol. The zero-order valence-corrected chi connectivity index (χ0v) is 8.94. The molecule has 0 aliphatic heterocycles. The molecule has 0 aromatic rings. The normalized spacial score (nSPS) is 13.1. The number of carbonyl (C=O) groups is 3. The molecule has 0 bridgehead atoms. The van der Waals surface area contributed by atoms with Crippen molar-refractivity contribution in [1.29, 1.82) is 0 Å². The van der Waals surface area contributed by atoms with Crippen LogP contribution in [0.25, 0.3) is 0 Å². The van der Waals surface area contributed by atoms with Crippen LogP contribution in [-0.2, 0) is 19.1 Å².